The van der Waals surface area contributed by atoms with Crippen LogP contribution < -0.4 is 10.2 Å². The summed E-state index contributed by atoms with van der Waals surface area (Å²) in [6.07, 6.45) is 0. The second-order valence-corrected chi connectivity index (χ2v) is 0.983. The maximum atomic E-state index is 8.89. The zero-order valence-electron chi connectivity index (χ0n) is 5.54. The van der Waals surface area contributed by atoms with E-state index in [1.165, 1.54) is 0 Å². The summed E-state index contributed by atoms with van der Waals surface area (Å²) in [5, 5.41) is 17.8. The van der Waals surface area contributed by atoms with E-state index in [1.807, 2.05) is 0 Å². The molecule has 0 rings (SSSR count). The zero-order valence-corrected chi connectivity index (χ0v) is 8.36. The molecule has 0 aliphatic heterocycles. The van der Waals surface area contributed by atoms with Crippen LogP contribution in [0.15, 0.2) is 0 Å². The molecule has 0 fully saturated rings. The molecule has 0 amide bonds. The first-order valence-electron chi connectivity index (χ1n) is 1.82. The van der Waals surface area contributed by atoms with Crippen LogP contribution in [-0.2, 0) is 60.8 Å². The van der Waals surface area contributed by atoms with E-state index >= 15 is 0 Å². The molecule has 0 unspecified atom stereocenters. The van der Waals surface area contributed by atoms with E-state index in [0.29, 0.717) is 0 Å². The maximum absolute atomic E-state index is 8.89. The Balaban J connectivity index is -0.0000000171. The van der Waals surface area contributed by atoms with Crippen molar-refractivity contribution in [3.8, 4) is 0 Å². The molecule has 0 heterocycles. The van der Waals surface area contributed by atoms with Gasteiger partial charge in [0.05, 0.1) is 0 Å². The first kappa shape index (κ1) is 30.0. The van der Waals surface area contributed by atoms with Crippen LogP contribution >= 0.6 is 0 Å². The Morgan fingerprint density at radius 2 is 0.818 bits per heavy atom. The predicted octanol–water partition coefficient (Wildman–Crippen LogP) is -2.50. The molecular formula is C4H6Cu3O4+4. The summed E-state index contributed by atoms with van der Waals surface area (Å²) in [6, 6.07) is 0. The second kappa shape index (κ2) is 22.4. The maximum Gasteiger partial charge on any atom is 2.00 e. The fourth-order valence-corrected chi connectivity index (χ4v) is 0. The summed E-state index contributed by atoms with van der Waals surface area (Å²) in [5.74, 6) is -2.17. The van der Waals surface area contributed by atoms with Gasteiger partial charge in [0, 0.05) is 11.9 Å². The molecule has 0 saturated heterocycles. The van der Waals surface area contributed by atoms with Crippen molar-refractivity contribution in [2.45, 2.75) is 13.8 Å². The van der Waals surface area contributed by atoms with Crippen LogP contribution in [0.2, 0.25) is 0 Å². The summed E-state index contributed by atoms with van der Waals surface area (Å²) < 4.78 is 0. The van der Waals surface area contributed by atoms with Gasteiger partial charge in [-0.3, -0.25) is 0 Å². The fraction of sp³-hybridized carbons (Fsp3) is 0.500. The first-order chi connectivity index (χ1) is 3.46. The Kier molecular flexibility index (Phi) is 61.2. The SMILES string of the molecule is CC(=O)[O-].CC(=O)[O-].[Cu+2].[Cu+2].[Cu+2]. The largest absolute Gasteiger partial charge is 2.00 e. The van der Waals surface area contributed by atoms with Gasteiger partial charge in [0.25, 0.3) is 0 Å². The molecule has 0 aromatic rings. The quantitative estimate of drug-likeness (QED) is 0.464. The molecule has 3 radical (unpaired) electrons. The van der Waals surface area contributed by atoms with Crippen molar-refractivity contribution in [3.05, 3.63) is 0 Å². The van der Waals surface area contributed by atoms with Crippen molar-refractivity contribution in [2.24, 2.45) is 0 Å². The zero-order chi connectivity index (χ0) is 7.15. The molecule has 4 nitrogen and oxygen atoms in total. The van der Waals surface area contributed by atoms with E-state index in [4.69, 9.17) is 19.8 Å². The summed E-state index contributed by atoms with van der Waals surface area (Å²) >= 11 is 0. The minimum absolute atomic E-state index is 0. The number of carboxylic acid groups (broad SMARTS) is 2. The van der Waals surface area contributed by atoms with Gasteiger partial charge >= 0.3 is 51.2 Å². The van der Waals surface area contributed by atoms with E-state index in [2.05, 4.69) is 0 Å². The van der Waals surface area contributed by atoms with Crippen molar-refractivity contribution < 1.29 is 71.0 Å². The summed E-state index contributed by atoms with van der Waals surface area (Å²) in [5.41, 5.74) is 0. The molecule has 0 aromatic carbocycles. The molecule has 0 spiro atoms. The van der Waals surface area contributed by atoms with Crippen LogP contribution in [-0.4, -0.2) is 11.9 Å². The Hall–Kier alpha value is 0.498. The van der Waals surface area contributed by atoms with Crippen molar-refractivity contribution in [1.29, 1.82) is 0 Å². The van der Waals surface area contributed by atoms with Crippen LogP contribution in [0.25, 0.3) is 0 Å². The molecular weight excluding hydrogens is 303 g/mol. The molecule has 11 heavy (non-hydrogen) atoms. The Morgan fingerprint density at radius 1 is 0.818 bits per heavy atom. The second-order valence-electron chi connectivity index (χ2n) is 0.983. The van der Waals surface area contributed by atoms with Crippen molar-refractivity contribution >= 4 is 11.9 Å². The third-order valence-corrected chi connectivity index (χ3v) is 0. The average Bonchev–Trinajstić information content (AvgIpc) is 1.25. The minimum atomic E-state index is -1.08. The predicted molar refractivity (Wildman–Crippen MR) is 21.4 cm³/mol. The summed E-state index contributed by atoms with van der Waals surface area (Å²) in [6.45, 7) is 1.94. The van der Waals surface area contributed by atoms with Gasteiger partial charge in [-0.05, 0) is 13.8 Å². The van der Waals surface area contributed by atoms with E-state index in [-0.39, 0.29) is 51.2 Å². The van der Waals surface area contributed by atoms with Gasteiger partial charge in [-0.15, -0.1) is 0 Å². The number of rotatable bonds is 0. The third-order valence-electron chi connectivity index (χ3n) is 0. The summed E-state index contributed by atoms with van der Waals surface area (Å²) in [7, 11) is 0. The first-order valence-corrected chi connectivity index (χ1v) is 1.82. The number of hydrogen-bond donors (Lipinski definition) is 0. The molecule has 7 heteroatoms. The molecule has 0 aromatic heterocycles. The Bertz CT molecular complexity index is 75.3. The Labute approximate surface area is 96.5 Å². The number of carboxylic acids is 2. The van der Waals surface area contributed by atoms with Crippen LogP contribution in [0.3, 0.4) is 0 Å². The van der Waals surface area contributed by atoms with Crippen LogP contribution in [0.4, 0.5) is 0 Å². The van der Waals surface area contributed by atoms with Gasteiger partial charge in [0.15, 0.2) is 0 Å². The van der Waals surface area contributed by atoms with Crippen molar-refractivity contribution in [3.63, 3.8) is 0 Å². The van der Waals surface area contributed by atoms with Gasteiger partial charge in [-0.25, -0.2) is 0 Å². The molecule has 0 atom stereocenters. The van der Waals surface area contributed by atoms with E-state index < -0.39 is 11.9 Å². The van der Waals surface area contributed by atoms with Gasteiger partial charge in [0.1, 0.15) is 0 Å². The molecule has 0 N–H and O–H groups in total. The number of carbonyl (C=O) groups is 2. The van der Waals surface area contributed by atoms with Crippen molar-refractivity contribution in [1.82, 2.24) is 0 Å². The molecule has 0 aliphatic rings. The standard InChI is InChI=1S/2C2H4O2.3Cu/c2*1-2(3)4;;;/h2*1H3,(H,3,4);;;/q;;3*+2/p-2. The Morgan fingerprint density at radius 3 is 0.818 bits per heavy atom. The topological polar surface area (TPSA) is 80.3 Å². The van der Waals surface area contributed by atoms with Gasteiger partial charge in [-0.1, -0.05) is 0 Å². The minimum Gasteiger partial charge on any atom is -0.550 e. The molecule has 75 valence electrons. The molecule has 0 bridgehead atoms. The van der Waals surface area contributed by atoms with Gasteiger partial charge in [0.2, 0.25) is 0 Å². The van der Waals surface area contributed by atoms with Crippen LogP contribution in [0.5, 0.6) is 0 Å². The fourth-order valence-electron chi connectivity index (χ4n) is 0. The van der Waals surface area contributed by atoms with Gasteiger partial charge < -0.3 is 19.8 Å². The number of hydrogen-bond acceptors (Lipinski definition) is 4. The molecule has 0 saturated carbocycles. The molecule has 0 aliphatic carbocycles. The van der Waals surface area contributed by atoms with Crippen LogP contribution in [0.1, 0.15) is 13.8 Å². The third kappa shape index (κ3) is 3050. The van der Waals surface area contributed by atoms with E-state index in [9.17, 15) is 0 Å². The van der Waals surface area contributed by atoms with Crippen molar-refractivity contribution in [2.75, 3.05) is 0 Å². The summed E-state index contributed by atoms with van der Waals surface area (Å²) in [4.78, 5) is 17.8. The smallest absolute Gasteiger partial charge is 0.550 e. The number of carbonyl (C=O) groups excluding carboxylic acids is 2. The monoisotopic (exact) mass is 307 g/mol. The van der Waals surface area contributed by atoms with E-state index in [0.717, 1.165) is 13.8 Å². The normalized spacial score (nSPS) is 4.55. The van der Waals surface area contributed by atoms with Crippen LogP contribution in [0, 0.1) is 0 Å². The number of aliphatic carboxylic acids is 2. The van der Waals surface area contributed by atoms with E-state index in [1.54, 1.807) is 0 Å². The van der Waals surface area contributed by atoms with Gasteiger partial charge in [-0.2, -0.15) is 0 Å². The average molecular weight is 309 g/mol.